The molecule has 1 aromatic rings. The molecule has 0 aromatic heterocycles. The molecule has 2 atom stereocenters. The molecule has 5 heteroatoms. The van der Waals surface area contributed by atoms with Gasteiger partial charge in [0.25, 0.3) is 5.91 Å². The summed E-state index contributed by atoms with van der Waals surface area (Å²) in [7, 11) is 3.36. The third kappa shape index (κ3) is 3.90. The average Bonchev–Trinajstić information content (AvgIpc) is 3.24. The van der Waals surface area contributed by atoms with Gasteiger partial charge in [-0.2, -0.15) is 0 Å². The van der Waals surface area contributed by atoms with Crippen LogP contribution in [0.25, 0.3) is 0 Å². The summed E-state index contributed by atoms with van der Waals surface area (Å²) >= 11 is 0. The Kier molecular flexibility index (Phi) is 5.74. The van der Waals surface area contributed by atoms with Crippen LogP contribution in [0.2, 0.25) is 0 Å². The molecule has 1 heterocycles. The second kappa shape index (κ2) is 7.99. The summed E-state index contributed by atoms with van der Waals surface area (Å²) < 4.78 is 16.7. The van der Waals surface area contributed by atoms with Crippen molar-refractivity contribution in [1.29, 1.82) is 0 Å². The van der Waals surface area contributed by atoms with Crippen LogP contribution in [0.4, 0.5) is 0 Å². The number of carbonyl (C=O) groups is 1. The van der Waals surface area contributed by atoms with E-state index in [0.717, 1.165) is 25.0 Å². The zero-order valence-electron chi connectivity index (χ0n) is 14.6. The predicted octanol–water partition coefficient (Wildman–Crippen LogP) is 2.88. The molecule has 0 radical (unpaired) electrons. The first-order valence-corrected chi connectivity index (χ1v) is 8.80. The number of rotatable bonds is 6. The van der Waals surface area contributed by atoms with Crippen molar-refractivity contribution < 1.29 is 19.0 Å². The van der Waals surface area contributed by atoms with Gasteiger partial charge in [-0.1, -0.05) is 6.07 Å². The molecule has 1 amide bonds. The van der Waals surface area contributed by atoms with Crippen LogP contribution in [0.5, 0.6) is 5.75 Å². The number of nitrogens with zero attached hydrogens (tertiary/aromatic N) is 1. The standard InChI is InChI=1S/C19H27NO4/c1-22-13-15-11-18(23-2)12-20(15)19(21)14-6-5-9-17(10-14)24-16-7-3-4-8-16/h5-6,9-10,15-16,18H,3-4,7-8,11-13H2,1-2H3/t15-,18-/m0/s1. The zero-order chi connectivity index (χ0) is 16.9. The van der Waals surface area contributed by atoms with Gasteiger partial charge >= 0.3 is 0 Å². The van der Waals surface area contributed by atoms with E-state index < -0.39 is 0 Å². The summed E-state index contributed by atoms with van der Waals surface area (Å²) in [5.41, 5.74) is 0.670. The zero-order valence-corrected chi connectivity index (χ0v) is 14.6. The van der Waals surface area contributed by atoms with Crippen molar-refractivity contribution in [2.24, 2.45) is 0 Å². The minimum Gasteiger partial charge on any atom is -0.490 e. The lowest BCUT2D eigenvalue weighted by Gasteiger charge is -2.24. The molecule has 0 N–H and O–H groups in total. The van der Waals surface area contributed by atoms with Gasteiger partial charge in [0.2, 0.25) is 0 Å². The molecule has 2 fully saturated rings. The molecule has 3 rings (SSSR count). The highest BCUT2D eigenvalue weighted by Gasteiger charge is 2.35. The number of benzene rings is 1. The van der Waals surface area contributed by atoms with Gasteiger partial charge in [0.1, 0.15) is 5.75 Å². The maximum atomic E-state index is 12.9. The Bertz CT molecular complexity index is 556. The van der Waals surface area contributed by atoms with Gasteiger partial charge in [0, 0.05) is 26.3 Å². The Morgan fingerprint density at radius 3 is 2.71 bits per heavy atom. The lowest BCUT2D eigenvalue weighted by Crippen LogP contribution is -2.38. The Labute approximate surface area is 143 Å². The van der Waals surface area contributed by atoms with Crippen LogP contribution in [0.15, 0.2) is 24.3 Å². The van der Waals surface area contributed by atoms with E-state index in [1.165, 1.54) is 12.8 Å². The fraction of sp³-hybridized carbons (Fsp3) is 0.632. The Morgan fingerprint density at radius 1 is 1.21 bits per heavy atom. The van der Waals surface area contributed by atoms with Crippen LogP contribution in [0.3, 0.4) is 0 Å². The van der Waals surface area contributed by atoms with Crippen LogP contribution in [-0.2, 0) is 9.47 Å². The summed E-state index contributed by atoms with van der Waals surface area (Å²) in [5, 5.41) is 0. The molecule has 1 aromatic carbocycles. The lowest BCUT2D eigenvalue weighted by atomic mass is 10.1. The van der Waals surface area contributed by atoms with Crippen LogP contribution in [0.1, 0.15) is 42.5 Å². The molecular weight excluding hydrogens is 306 g/mol. The van der Waals surface area contributed by atoms with Gasteiger partial charge in [0.05, 0.1) is 24.9 Å². The monoisotopic (exact) mass is 333 g/mol. The number of hydrogen-bond donors (Lipinski definition) is 0. The smallest absolute Gasteiger partial charge is 0.254 e. The maximum Gasteiger partial charge on any atom is 0.254 e. The highest BCUT2D eigenvalue weighted by atomic mass is 16.5. The number of amides is 1. The number of carbonyl (C=O) groups excluding carboxylic acids is 1. The van der Waals surface area contributed by atoms with Gasteiger partial charge in [-0.15, -0.1) is 0 Å². The van der Waals surface area contributed by atoms with E-state index in [4.69, 9.17) is 14.2 Å². The Hall–Kier alpha value is -1.59. The van der Waals surface area contributed by atoms with Crippen molar-refractivity contribution >= 4 is 5.91 Å². The van der Waals surface area contributed by atoms with Crippen molar-refractivity contribution in [3.05, 3.63) is 29.8 Å². The molecule has 132 valence electrons. The second-order valence-corrected chi connectivity index (χ2v) is 6.71. The molecule has 0 bridgehead atoms. The molecule has 1 saturated carbocycles. The number of ether oxygens (including phenoxy) is 3. The van der Waals surface area contributed by atoms with Crippen molar-refractivity contribution in [2.45, 2.75) is 50.4 Å². The van der Waals surface area contributed by atoms with E-state index in [9.17, 15) is 4.79 Å². The van der Waals surface area contributed by atoms with Crippen molar-refractivity contribution in [3.8, 4) is 5.75 Å². The molecule has 24 heavy (non-hydrogen) atoms. The van der Waals surface area contributed by atoms with Gasteiger partial charge < -0.3 is 19.1 Å². The van der Waals surface area contributed by atoms with E-state index in [2.05, 4.69) is 0 Å². The maximum absolute atomic E-state index is 12.9. The second-order valence-electron chi connectivity index (χ2n) is 6.71. The molecular formula is C19H27NO4. The molecule has 2 aliphatic rings. The van der Waals surface area contributed by atoms with E-state index in [1.54, 1.807) is 14.2 Å². The van der Waals surface area contributed by atoms with Crippen LogP contribution >= 0.6 is 0 Å². The summed E-state index contributed by atoms with van der Waals surface area (Å²) in [6.07, 6.45) is 5.86. The third-order valence-corrected chi connectivity index (χ3v) is 5.02. The first-order chi connectivity index (χ1) is 11.7. The quantitative estimate of drug-likeness (QED) is 0.803. The van der Waals surface area contributed by atoms with Crippen molar-refractivity contribution in [1.82, 2.24) is 4.90 Å². The van der Waals surface area contributed by atoms with Crippen molar-refractivity contribution in [2.75, 3.05) is 27.4 Å². The predicted molar refractivity (Wildman–Crippen MR) is 91.4 cm³/mol. The van der Waals surface area contributed by atoms with E-state index in [1.807, 2.05) is 29.2 Å². The largest absolute Gasteiger partial charge is 0.490 e. The van der Waals surface area contributed by atoms with Crippen LogP contribution in [0, 0.1) is 0 Å². The topological polar surface area (TPSA) is 48.0 Å². The summed E-state index contributed by atoms with van der Waals surface area (Å²) in [6, 6.07) is 7.61. The molecule has 5 nitrogen and oxygen atoms in total. The summed E-state index contributed by atoms with van der Waals surface area (Å²) in [5.74, 6) is 0.812. The van der Waals surface area contributed by atoms with Gasteiger partial charge in [0.15, 0.2) is 0 Å². The fourth-order valence-corrected chi connectivity index (χ4v) is 3.71. The number of likely N-dealkylation sites (tertiary alicyclic amines) is 1. The normalized spacial score (nSPS) is 24.5. The van der Waals surface area contributed by atoms with Crippen LogP contribution in [-0.4, -0.2) is 56.4 Å². The van der Waals surface area contributed by atoms with E-state index >= 15 is 0 Å². The van der Waals surface area contributed by atoms with Crippen LogP contribution < -0.4 is 4.74 Å². The highest BCUT2D eigenvalue weighted by Crippen LogP contribution is 2.27. The third-order valence-electron chi connectivity index (χ3n) is 5.02. The summed E-state index contributed by atoms with van der Waals surface area (Å²) in [4.78, 5) is 14.8. The fourth-order valence-electron chi connectivity index (χ4n) is 3.71. The molecule has 1 saturated heterocycles. The van der Waals surface area contributed by atoms with Gasteiger partial charge in [-0.25, -0.2) is 0 Å². The highest BCUT2D eigenvalue weighted by molar-refractivity contribution is 5.95. The van der Waals surface area contributed by atoms with E-state index in [-0.39, 0.29) is 18.1 Å². The SMILES string of the molecule is COC[C@@H]1C[C@H](OC)CN1C(=O)c1cccc(OC2CCCC2)c1. The van der Waals surface area contributed by atoms with E-state index in [0.29, 0.717) is 24.8 Å². The van der Waals surface area contributed by atoms with Gasteiger partial charge in [-0.05, 0) is 50.3 Å². The molecule has 0 unspecified atom stereocenters. The summed E-state index contributed by atoms with van der Waals surface area (Å²) in [6.45, 7) is 1.14. The molecule has 1 aliphatic heterocycles. The van der Waals surface area contributed by atoms with Gasteiger partial charge in [-0.3, -0.25) is 4.79 Å². The number of hydrogen-bond acceptors (Lipinski definition) is 4. The molecule has 0 spiro atoms. The Balaban J connectivity index is 1.71. The Morgan fingerprint density at radius 2 is 2.00 bits per heavy atom. The average molecular weight is 333 g/mol. The minimum atomic E-state index is 0.0217. The van der Waals surface area contributed by atoms with Crippen molar-refractivity contribution in [3.63, 3.8) is 0 Å². The first-order valence-electron chi connectivity index (χ1n) is 8.80. The number of methoxy groups -OCH3 is 2. The lowest BCUT2D eigenvalue weighted by molar-refractivity contribution is 0.0611. The molecule has 1 aliphatic carbocycles. The minimum absolute atomic E-state index is 0.0217. The first kappa shape index (κ1) is 17.2.